The van der Waals surface area contributed by atoms with Gasteiger partial charge in [0.15, 0.2) is 0 Å². The zero-order valence-corrected chi connectivity index (χ0v) is 15.2. The van der Waals surface area contributed by atoms with Crippen LogP contribution in [0.15, 0.2) is 45.6 Å². The van der Waals surface area contributed by atoms with Crippen molar-refractivity contribution < 1.29 is 9.90 Å². The number of amides is 1. The molecule has 2 atom stereocenters. The summed E-state index contributed by atoms with van der Waals surface area (Å²) >= 11 is 4.85. The molecule has 0 saturated carbocycles. The SMILES string of the molecule is CC(N)(C(=O)NCC(O)c1ccsc1)c1ccc(Br)cc1.Cl. The molecule has 0 aliphatic rings. The standard InChI is InChI=1S/C15H17BrN2O2S.ClH/c1-15(17,11-2-4-12(16)5-3-11)14(20)18-8-13(19)10-6-7-21-9-10;/h2-7,9,13,19H,8,17H2,1H3,(H,18,20);1H. The lowest BCUT2D eigenvalue weighted by Gasteiger charge is -2.25. The van der Waals surface area contributed by atoms with Crippen LogP contribution in [0.4, 0.5) is 0 Å². The normalized spacial score (nSPS) is 14.5. The van der Waals surface area contributed by atoms with E-state index in [0.717, 1.165) is 10.0 Å². The molecule has 120 valence electrons. The van der Waals surface area contributed by atoms with Crippen molar-refractivity contribution in [1.82, 2.24) is 5.32 Å². The molecule has 1 aromatic carbocycles. The Morgan fingerprint density at radius 3 is 2.59 bits per heavy atom. The van der Waals surface area contributed by atoms with Crippen molar-refractivity contribution in [3.8, 4) is 0 Å². The average molecular weight is 406 g/mol. The summed E-state index contributed by atoms with van der Waals surface area (Å²) in [5.74, 6) is -0.320. The molecule has 0 spiro atoms. The van der Waals surface area contributed by atoms with Gasteiger partial charge in [0.2, 0.25) is 5.91 Å². The first-order valence-corrected chi connectivity index (χ1v) is 8.18. The Balaban J connectivity index is 0.00000242. The molecule has 22 heavy (non-hydrogen) atoms. The number of nitrogens with two attached hydrogens (primary N) is 1. The lowest BCUT2D eigenvalue weighted by atomic mass is 9.92. The summed E-state index contributed by atoms with van der Waals surface area (Å²) in [6.45, 7) is 1.79. The first-order chi connectivity index (χ1) is 9.91. The number of hydrogen-bond acceptors (Lipinski definition) is 4. The summed E-state index contributed by atoms with van der Waals surface area (Å²) in [5.41, 5.74) is 6.50. The largest absolute Gasteiger partial charge is 0.387 e. The highest BCUT2D eigenvalue weighted by Gasteiger charge is 2.30. The average Bonchev–Trinajstić information content (AvgIpc) is 2.99. The van der Waals surface area contributed by atoms with Crippen LogP contribution in [0.2, 0.25) is 0 Å². The number of halogens is 2. The lowest BCUT2D eigenvalue weighted by Crippen LogP contribution is -2.49. The zero-order valence-electron chi connectivity index (χ0n) is 12.0. The summed E-state index contributed by atoms with van der Waals surface area (Å²) in [6, 6.07) is 9.12. The molecule has 2 rings (SSSR count). The van der Waals surface area contributed by atoms with Crippen molar-refractivity contribution in [3.05, 3.63) is 56.7 Å². The van der Waals surface area contributed by atoms with Crippen molar-refractivity contribution in [2.75, 3.05) is 6.54 Å². The van der Waals surface area contributed by atoms with Crippen LogP contribution < -0.4 is 11.1 Å². The number of thiophene rings is 1. The van der Waals surface area contributed by atoms with Gasteiger partial charge in [-0.1, -0.05) is 28.1 Å². The fourth-order valence-corrected chi connectivity index (χ4v) is 2.85. The highest BCUT2D eigenvalue weighted by Crippen LogP contribution is 2.21. The highest BCUT2D eigenvalue weighted by atomic mass is 79.9. The van der Waals surface area contributed by atoms with E-state index in [1.54, 1.807) is 19.1 Å². The number of aliphatic hydroxyl groups excluding tert-OH is 1. The number of rotatable bonds is 5. The molecule has 1 aromatic heterocycles. The summed E-state index contributed by atoms with van der Waals surface area (Å²) in [7, 11) is 0. The molecule has 0 aliphatic heterocycles. The van der Waals surface area contributed by atoms with Gasteiger partial charge in [0.1, 0.15) is 5.54 Å². The molecular formula is C15H18BrClN2O2S. The maximum absolute atomic E-state index is 12.3. The third kappa shape index (κ3) is 4.54. The third-order valence-corrected chi connectivity index (χ3v) is 4.53. The summed E-state index contributed by atoms with van der Waals surface area (Å²) in [4.78, 5) is 12.3. The maximum atomic E-state index is 12.3. The van der Waals surface area contributed by atoms with Crippen molar-refractivity contribution in [2.45, 2.75) is 18.6 Å². The first kappa shape index (κ1) is 19.1. The van der Waals surface area contributed by atoms with Crippen LogP contribution in [0, 0.1) is 0 Å². The van der Waals surface area contributed by atoms with E-state index in [9.17, 15) is 9.90 Å². The second-order valence-corrected chi connectivity index (χ2v) is 6.69. The molecule has 1 heterocycles. The Labute approximate surface area is 148 Å². The van der Waals surface area contributed by atoms with E-state index in [0.29, 0.717) is 5.56 Å². The van der Waals surface area contributed by atoms with Gasteiger partial charge in [-0.15, -0.1) is 12.4 Å². The van der Waals surface area contributed by atoms with E-state index in [-0.39, 0.29) is 24.9 Å². The van der Waals surface area contributed by atoms with E-state index >= 15 is 0 Å². The van der Waals surface area contributed by atoms with Crippen molar-refractivity contribution in [1.29, 1.82) is 0 Å². The van der Waals surface area contributed by atoms with Crippen molar-refractivity contribution in [2.24, 2.45) is 5.73 Å². The van der Waals surface area contributed by atoms with Crippen LogP contribution in [-0.4, -0.2) is 17.6 Å². The molecule has 4 nitrogen and oxygen atoms in total. The Bertz CT molecular complexity index is 603. The summed E-state index contributed by atoms with van der Waals surface area (Å²) < 4.78 is 0.926. The van der Waals surface area contributed by atoms with E-state index < -0.39 is 11.6 Å². The third-order valence-electron chi connectivity index (χ3n) is 3.30. The monoisotopic (exact) mass is 404 g/mol. The van der Waals surface area contributed by atoms with Crippen LogP contribution in [0.1, 0.15) is 24.2 Å². The quantitative estimate of drug-likeness (QED) is 0.716. The predicted octanol–water partition coefficient (Wildman–Crippen LogP) is 2.96. The second kappa shape index (κ2) is 8.08. The first-order valence-electron chi connectivity index (χ1n) is 6.44. The topological polar surface area (TPSA) is 75.4 Å². The fourth-order valence-electron chi connectivity index (χ4n) is 1.88. The van der Waals surface area contributed by atoms with Gasteiger partial charge in [-0.2, -0.15) is 11.3 Å². The number of carbonyl (C=O) groups excluding carboxylic acids is 1. The lowest BCUT2D eigenvalue weighted by molar-refractivity contribution is -0.126. The van der Waals surface area contributed by atoms with E-state index in [1.165, 1.54) is 11.3 Å². The molecule has 0 saturated heterocycles. The van der Waals surface area contributed by atoms with Crippen LogP contribution in [-0.2, 0) is 10.3 Å². The van der Waals surface area contributed by atoms with Gasteiger partial charge in [0.05, 0.1) is 6.10 Å². The molecule has 4 N–H and O–H groups in total. The Hall–Kier alpha value is -0.920. The Morgan fingerprint density at radius 1 is 1.41 bits per heavy atom. The zero-order chi connectivity index (χ0) is 15.5. The molecule has 1 amide bonds. The molecule has 7 heteroatoms. The molecule has 2 aromatic rings. The van der Waals surface area contributed by atoms with Gasteiger partial charge < -0.3 is 16.2 Å². The minimum absolute atomic E-state index is 0. The van der Waals surface area contributed by atoms with Crippen LogP contribution in [0.5, 0.6) is 0 Å². The molecule has 2 unspecified atom stereocenters. The van der Waals surface area contributed by atoms with Crippen molar-refractivity contribution >= 4 is 45.6 Å². The van der Waals surface area contributed by atoms with Gasteiger partial charge in [-0.3, -0.25) is 4.79 Å². The highest BCUT2D eigenvalue weighted by molar-refractivity contribution is 9.10. The Morgan fingerprint density at radius 2 is 2.05 bits per heavy atom. The fraction of sp³-hybridized carbons (Fsp3) is 0.267. The molecule has 0 aliphatic carbocycles. The predicted molar refractivity (Wildman–Crippen MR) is 95.2 cm³/mol. The number of hydrogen-bond donors (Lipinski definition) is 3. The van der Waals surface area contributed by atoms with Crippen LogP contribution in [0.3, 0.4) is 0 Å². The second-order valence-electron chi connectivity index (χ2n) is 4.99. The van der Waals surface area contributed by atoms with Gasteiger partial charge in [-0.05, 0) is 47.0 Å². The van der Waals surface area contributed by atoms with E-state index in [1.807, 2.05) is 29.0 Å². The minimum atomic E-state index is -1.14. The number of carbonyl (C=O) groups is 1. The summed E-state index contributed by atoms with van der Waals surface area (Å²) in [5, 5.41) is 16.4. The van der Waals surface area contributed by atoms with Gasteiger partial charge in [0.25, 0.3) is 0 Å². The molecule has 0 bridgehead atoms. The smallest absolute Gasteiger partial charge is 0.244 e. The van der Waals surface area contributed by atoms with Crippen molar-refractivity contribution in [3.63, 3.8) is 0 Å². The minimum Gasteiger partial charge on any atom is -0.387 e. The number of aliphatic hydroxyl groups is 1. The van der Waals surface area contributed by atoms with E-state index in [4.69, 9.17) is 5.73 Å². The van der Waals surface area contributed by atoms with E-state index in [2.05, 4.69) is 21.2 Å². The number of benzene rings is 1. The van der Waals surface area contributed by atoms with Gasteiger partial charge in [-0.25, -0.2) is 0 Å². The molecular weight excluding hydrogens is 388 g/mol. The molecule has 0 radical (unpaired) electrons. The van der Waals surface area contributed by atoms with Crippen LogP contribution >= 0.6 is 39.7 Å². The van der Waals surface area contributed by atoms with Gasteiger partial charge in [0, 0.05) is 11.0 Å². The molecule has 0 fully saturated rings. The van der Waals surface area contributed by atoms with Crippen LogP contribution in [0.25, 0.3) is 0 Å². The Kier molecular flexibility index (Phi) is 7.02. The van der Waals surface area contributed by atoms with Gasteiger partial charge >= 0.3 is 0 Å². The maximum Gasteiger partial charge on any atom is 0.244 e. The number of nitrogens with one attached hydrogen (secondary N) is 1. The summed E-state index contributed by atoms with van der Waals surface area (Å²) in [6.07, 6.45) is -0.721.